The molecule has 2 heterocycles. The molecular formula is C17H20N4O4. The van der Waals surface area contributed by atoms with Crippen molar-refractivity contribution < 1.29 is 19.7 Å². The minimum Gasteiger partial charge on any atom is -0.491 e. The van der Waals surface area contributed by atoms with Crippen molar-refractivity contribution >= 4 is 5.91 Å². The lowest BCUT2D eigenvalue weighted by Crippen LogP contribution is -2.40. The summed E-state index contributed by atoms with van der Waals surface area (Å²) in [4.78, 5) is 24.0. The van der Waals surface area contributed by atoms with Gasteiger partial charge in [-0.2, -0.15) is 0 Å². The lowest BCUT2D eigenvalue weighted by Gasteiger charge is -2.29. The second-order valence-corrected chi connectivity index (χ2v) is 6.29. The van der Waals surface area contributed by atoms with Crippen molar-refractivity contribution in [1.29, 1.82) is 0 Å². The molecule has 132 valence electrons. The summed E-state index contributed by atoms with van der Waals surface area (Å²) >= 11 is 0. The van der Waals surface area contributed by atoms with E-state index in [0.29, 0.717) is 18.6 Å². The molecule has 0 saturated heterocycles. The Morgan fingerprint density at radius 1 is 1.20 bits per heavy atom. The van der Waals surface area contributed by atoms with E-state index in [4.69, 9.17) is 4.74 Å². The van der Waals surface area contributed by atoms with Crippen molar-refractivity contribution in [2.75, 3.05) is 13.2 Å². The van der Waals surface area contributed by atoms with Crippen molar-refractivity contribution in [3.8, 4) is 5.75 Å². The van der Waals surface area contributed by atoms with Crippen LogP contribution in [0.15, 0.2) is 43.1 Å². The summed E-state index contributed by atoms with van der Waals surface area (Å²) in [5.41, 5.74) is -0.364. The van der Waals surface area contributed by atoms with Crippen molar-refractivity contribution in [3.05, 3.63) is 48.8 Å². The van der Waals surface area contributed by atoms with Crippen molar-refractivity contribution in [2.45, 2.75) is 25.0 Å². The molecule has 0 bridgehead atoms. The minimum atomic E-state index is -0.842. The van der Waals surface area contributed by atoms with E-state index < -0.39 is 17.6 Å². The fourth-order valence-corrected chi connectivity index (χ4v) is 3.00. The van der Waals surface area contributed by atoms with Gasteiger partial charge in [0.1, 0.15) is 11.4 Å². The standard InChI is InChI=1S/C17H20N4O4/c22-14-6-17(7-15(14)23,11-25-12-2-1-3-18-8-12)10-21-16(24)13-9-19-4-5-20-13/h1-5,8-9,14-15,22-23H,6-7,10-11H2,(H,21,24)/t14-,15+,17?. The summed E-state index contributed by atoms with van der Waals surface area (Å²) in [6.45, 7) is 0.490. The first-order valence-electron chi connectivity index (χ1n) is 8.01. The zero-order valence-electron chi connectivity index (χ0n) is 13.6. The molecule has 1 aliphatic carbocycles. The van der Waals surface area contributed by atoms with Crippen LogP contribution in [-0.2, 0) is 0 Å². The number of rotatable bonds is 6. The van der Waals surface area contributed by atoms with E-state index in [2.05, 4.69) is 20.3 Å². The third-order valence-electron chi connectivity index (χ3n) is 4.33. The van der Waals surface area contributed by atoms with Crippen LogP contribution in [0, 0.1) is 5.41 Å². The normalized spacial score (nSPS) is 25.5. The molecule has 1 amide bonds. The number of nitrogens with zero attached hydrogens (tertiary/aromatic N) is 3. The second kappa shape index (κ2) is 7.54. The van der Waals surface area contributed by atoms with Gasteiger partial charge in [0.25, 0.3) is 5.91 Å². The van der Waals surface area contributed by atoms with Crippen LogP contribution in [0.4, 0.5) is 0 Å². The molecule has 0 spiro atoms. The van der Waals surface area contributed by atoms with Gasteiger partial charge in [0, 0.05) is 30.6 Å². The first-order valence-corrected chi connectivity index (χ1v) is 8.01. The Bertz CT molecular complexity index is 688. The highest BCUT2D eigenvalue weighted by Crippen LogP contribution is 2.38. The maximum atomic E-state index is 12.2. The number of ether oxygens (including phenoxy) is 1. The van der Waals surface area contributed by atoms with E-state index in [0.717, 1.165) is 0 Å². The largest absolute Gasteiger partial charge is 0.491 e. The Balaban J connectivity index is 1.66. The molecule has 0 aromatic carbocycles. The summed E-state index contributed by atoms with van der Waals surface area (Å²) in [5, 5.41) is 22.7. The number of pyridine rings is 1. The molecular weight excluding hydrogens is 324 g/mol. The fraction of sp³-hybridized carbons (Fsp3) is 0.412. The zero-order valence-corrected chi connectivity index (χ0v) is 13.6. The Labute approximate surface area is 144 Å². The Morgan fingerprint density at radius 2 is 1.96 bits per heavy atom. The third kappa shape index (κ3) is 4.28. The number of hydrogen-bond acceptors (Lipinski definition) is 7. The zero-order chi connectivity index (χ0) is 17.7. The molecule has 3 atom stereocenters. The van der Waals surface area contributed by atoms with E-state index in [-0.39, 0.29) is 24.8 Å². The second-order valence-electron chi connectivity index (χ2n) is 6.29. The number of amides is 1. The van der Waals surface area contributed by atoms with Crippen LogP contribution in [0.2, 0.25) is 0 Å². The van der Waals surface area contributed by atoms with Gasteiger partial charge in [-0.05, 0) is 25.0 Å². The Kier molecular flexibility index (Phi) is 5.20. The number of hydrogen-bond donors (Lipinski definition) is 3. The molecule has 2 aromatic heterocycles. The molecule has 0 aliphatic heterocycles. The van der Waals surface area contributed by atoms with E-state index >= 15 is 0 Å². The predicted molar refractivity (Wildman–Crippen MR) is 87.8 cm³/mol. The van der Waals surface area contributed by atoms with Gasteiger partial charge >= 0.3 is 0 Å². The summed E-state index contributed by atoms with van der Waals surface area (Å²) in [5.74, 6) is 0.239. The predicted octanol–water partition coefficient (Wildman–Crippen LogP) is 0.182. The maximum Gasteiger partial charge on any atom is 0.271 e. The smallest absolute Gasteiger partial charge is 0.271 e. The molecule has 1 unspecified atom stereocenters. The lowest BCUT2D eigenvalue weighted by molar-refractivity contribution is 0.0438. The first kappa shape index (κ1) is 17.2. The molecule has 1 saturated carbocycles. The van der Waals surface area contributed by atoms with E-state index in [1.165, 1.54) is 18.6 Å². The minimum absolute atomic E-state index is 0.213. The monoisotopic (exact) mass is 344 g/mol. The van der Waals surface area contributed by atoms with Gasteiger partial charge in [-0.3, -0.25) is 14.8 Å². The molecule has 3 rings (SSSR count). The van der Waals surface area contributed by atoms with E-state index in [1.807, 2.05) is 0 Å². The molecule has 8 heteroatoms. The van der Waals surface area contributed by atoms with Gasteiger partial charge in [-0.25, -0.2) is 4.98 Å². The topological polar surface area (TPSA) is 117 Å². The van der Waals surface area contributed by atoms with Crippen LogP contribution in [0.1, 0.15) is 23.3 Å². The van der Waals surface area contributed by atoms with Crippen molar-refractivity contribution in [2.24, 2.45) is 5.41 Å². The molecule has 8 nitrogen and oxygen atoms in total. The lowest BCUT2D eigenvalue weighted by atomic mass is 9.86. The first-order chi connectivity index (χ1) is 12.1. The fourth-order valence-electron chi connectivity index (χ4n) is 3.00. The summed E-state index contributed by atoms with van der Waals surface area (Å²) < 4.78 is 5.76. The molecule has 3 N–H and O–H groups in total. The number of aliphatic hydroxyl groups excluding tert-OH is 2. The van der Waals surface area contributed by atoms with Gasteiger partial charge in [-0.1, -0.05) is 0 Å². The number of aromatic nitrogens is 3. The highest BCUT2D eigenvalue weighted by atomic mass is 16.5. The van der Waals surface area contributed by atoms with Gasteiger partial charge in [0.15, 0.2) is 0 Å². The van der Waals surface area contributed by atoms with Gasteiger partial charge < -0.3 is 20.3 Å². The van der Waals surface area contributed by atoms with Crippen LogP contribution in [-0.4, -0.2) is 56.4 Å². The number of nitrogens with one attached hydrogen (secondary N) is 1. The highest BCUT2D eigenvalue weighted by Gasteiger charge is 2.45. The maximum absolute atomic E-state index is 12.2. The van der Waals surface area contributed by atoms with E-state index in [9.17, 15) is 15.0 Å². The summed E-state index contributed by atoms with van der Waals surface area (Å²) in [6, 6.07) is 3.54. The van der Waals surface area contributed by atoms with Gasteiger partial charge in [-0.15, -0.1) is 0 Å². The Morgan fingerprint density at radius 3 is 2.60 bits per heavy atom. The van der Waals surface area contributed by atoms with Crippen LogP contribution < -0.4 is 10.1 Å². The quantitative estimate of drug-likeness (QED) is 0.684. The highest BCUT2D eigenvalue weighted by molar-refractivity contribution is 5.91. The van der Waals surface area contributed by atoms with Gasteiger partial charge in [0.05, 0.1) is 31.2 Å². The van der Waals surface area contributed by atoms with E-state index in [1.54, 1.807) is 24.5 Å². The molecule has 1 fully saturated rings. The molecule has 1 aliphatic rings. The molecule has 25 heavy (non-hydrogen) atoms. The Hall–Kier alpha value is -2.58. The third-order valence-corrected chi connectivity index (χ3v) is 4.33. The van der Waals surface area contributed by atoms with Crippen LogP contribution in [0.5, 0.6) is 5.75 Å². The summed E-state index contributed by atoms with van der Waals surface area (Å²) in [6.07, 6.45) is 6.53. The van der Waals surface area contributed by atoms with Crippen LogP contribution in [0.25, 0.3) is 0 Å². The average molecular weight is 344 g/mol. The number of carbonyl (C=O) groups excluding carboxylic acids is 1. The van der Waals surface area contributed by atoms with Crippen molar-refractivity contribution in [1.82, 2.24) is 20.3 Å². The van der Waals surface area contributed by atoms with Gasteiger partial charge in [0.2, 0.25) is 0 Å². The molecule has 0 radical (unpaired) electrons. The summed E-state index contributed by atoms with van der Waals surface area (Å²) in [7, 11) is 0. The van der Waals surface area contributed by atoms with Crippen LogP contribution in [0.3, 0.4) is 0 Å². The van der Waals surface area contributed by atoms with Crippen molar-refractivity contribution in [3.63, 3.8) is 0 Å². The average Bonchev–Trinajstić information content (AvgIpc) is 2.94. The van der Waals surface area contributed by atoms with Crippen LogP contribution >= 0.6 is 0 Å². The SMILES string of the molecule is O=C(NCC1(COc2cccnc2)C[C@@H](O)[C@@H](O)C1)c1cnccn1. The molecule has 2 aromatic rings. The number of carbonyl (C=O) groups is 1. The number of aliphatic hydroxyl groups is 2.